The van der Waals surface area contributed by atoms with Crippen LogP contribution in [0.15, 0.2) is 158 Å². The highest BCUT2D eigenvalue weighted by Crippen LogP contribution is 2.38. The summed E-state index contributed by atoms with van der Waals surface area (Å²) in [6, 6.07) is 57.3. The van der Waals surface area contributed by atoms with Gasteiger partial charge in [-0.15, -0.1) is 0 Å². The smallest absolute Gasteiger partial charge is 0.164 e. The van der Waals surface area contributed by atoms with Gasteiger partial charge in [-0.1, -0.05) is 160 Å². The van der Waals surface area contributed by atoms with Crippen LogP contribution in [0.25, 0.3) is 61.7 Å². The van der Waals surface area contributed by atoms with Crippen LogP contribution in [0, 0.1) is 0 Å². The Balaban J connectivity index is 1.25. The maximum absolute atomic E-state index is 5.08. The normalized spacial score (nSPS) is 12.0. The molecule has 6 aromatic carbocycles. The van der Waals surface area contributed by atoms with Gasteiger partial charge in [0.25, 0.3) is 0 Å². The van der Waals surface area contributed by atoms with E-state index >= 15 is 0 Å². The molecule has 5 heteroatoms. The minimum atomic E-state index is -2.18. The molecule has 0 saturated carbocycles. The van der Waals surface area contributed by atoms with Crippen molar-refractivity contribution in [2.24, 2.45) is 0 Å². The number of benzene rings is 6. The topological polar surface area (TPSA) is 43.6 Å². The van der Waals surface area contributed by atoms with Gasteiger partial charge >= 0.3 is 0 Å². The number of nitrogens with zero attached hydrogens (tertiary/aromatic N) is 4. The van der Waals surface area contributed by atoms with Crippen LogP contribution in [0.4, 0.5) is 0 Å². The third kappa shape index (κ3) is 5.98. The van der Waals surface area contributed by atoms with Gasteiger partial charge in [0.1, 0.15) is 0 Å². The number of rotatable bonds is 9. The highest BCUT2D eigenvalue weighted by molar-refractivity contribution is 6.93. The van der Waals surface area contributed by atoms with Crippen molar-refractivity contribution in [1.29, 1.82) is 0 Å². The fourth-order valence-corrected chi connectivity index (χ4v) is 13.5. The average Bonchev–Trinajstić information content (AvgIpc) is 3.51. The largest absolute Gasteiger partial charge is 0.309 e. The van der Waals surface area contributed by atoms with E-state index in [1.165, 1.54) is 38.2 Å². The molecule has 0 fully saturated rings. The molecular formula is C46H42N4Si. The molecule has 8 rings (SSSR count). The molecule has 2 heterocycles. The molecule has 0 N–H and O–H groups in total. The molecule has 0 radical (unpaired) electrons. The van der Waals surface area contributed by atoms with E-state index in [0.29, 0.717) is 28.6 Å². The minimum absolute atomic E-state index is 0.507. The third-order valence-corrected chi connectivity index (χ3v) is 17.2. The number of aromatic nitrogens is 4. The van der Waals surface area contributed by atoms with E-state index in [1.54, 1.807) is 0 Å². The van der Waals surface area contributed by atoms with Crippen molar-refractivity contribution >= 4 is 35.1 Å². The van der Waals surface area contributed by atoms with Crippen molar-refractivity contribution in [3.8, 4) is 39.9 Å². The average molecular weight is 679 g/mol. The molecule has 0 aliphatic carbocycles. The molecule has 0 spiro atoms. The Labute approximate surface area is 301 Å². The fourth-order valence-electron chi connectivity index (χ4n) is 8.05. The monoisotopic (exact) mass is 678 g/mol. The van der Waals surface area contributed by atoms with Gasteiger partial charge in [0.15, 0.2) is 17.5 Å². The van der Waals surface area contributed by atoms with Crippen LogP contribution in [0.3, 0.4) is 0 Å². The summed E-state index contributed by atoms with van der Waals surface area (Å²) in [5.74, 6) is 2.07. The molecule has 2 aromatic heterocycles. The first-order valence-electron chi connectivity index (χ1n) is 18.0. The minimum Gasteiger partial charge on any atom is -0.309 e. The first kappa shape index (κ1) is 32.5. The first-order chi connectivity index (χ1) is 24.9. The van der Waals surface area contributed by atoms with Crippen LogP contribution >= 0.6 is 0 Å². The van der Waals surface area contributed by atoms with Crippen LogP contribution in [0.5, 0.6) is 0 Å². The van der Waals surface area contributed by atoms with E-state index in [1.807, 2.05) is 36.4 Å². The van der Waals surface area contributed by atoms with Crippen molar-refractivity contribution in [2.45, 2.75) is 44.8 Å². The van der Waals surface area contributed by atoms with E-state index in [4.69, 9.17) is 15.0 Å². The second-order valence-electron chi connectivity index (χ2n) is 14.2. The zero-order valence-corrected chi connectivity index (χ0v) is 30.7. The van der Waals surface area contributed by atoms with Gasteiger partial charge in [-0.05, 0) is 53.0 Å². The lowest BCUT2D eigenvalue weighted by Gasteiger charge is -2.40. The summed E-state index contributed by atoms with van der Waals surface area (Å²) >= 11 is 0. The highest BCUT2D eigenvalue weighted by atomic mass is 28.3. The van der Waals surface area contributed by atoms with Gasteiger partial charge in [0.2, 0.25) is 0 Å². The lowest BCUT2D eigenvalue weighted by atomic mass is 10.1. The van der Waals surface area contributed by atoms with E-state index in [-0.39, 0.29) is 0 Å². The summed E-state index contributed by atoms with van der Waals surface area (Å²) < 4.78 is 2.40. The fraction of sp³-hybridized carbons (Fsp3) is 0.152. The molecule has 0 aliphatic rings. The maximum atomic E-state index is 5.08. The van der Waals surface area contributed by atoms with Gasteiger partial charge in [-0.25, -0.2) is 15.0 Å². The number of hydrogen-bond donors (Lipinski definition) is 0. The molecule has 0 atom stereocenters. The Morgan fingerprint density at radius 3 is 1.59 bits per heavy atom. The maximum Gasteiger partial charge on any atom is 0.164 e. The molecule has 0 amide bonds. The molecule has 51 heavy (non-hydrogen) atoms. The Bertz CT molecular complexity index is 2390. The van der Waals surface area contributed by atoms with Crippen LogP contribution in [0.1, 0.15) is 33.3 Å². The van der Waals surface area contributed by atoms with Crippen LogP contribution in [0.2, 0.25) is 11.1 Å². The lowest BCUT2D eigenvalue weighted by Crippen LogP contribution is -2.55. The second-order valence-corrected chi connectivity index (χ2v) is 19.5. The van der Waals surface area contributed by atoms with E-state index in [9.17, 15) is 0 Å². The highest BCUT2D eigenvalue weighted by Gasteiger charge is 2.42. The number of para-hydroxylation sites is 2. The number of fused-ring (bicyclic) bond motifs is 3. The van der Waals surface area contributed by atoms with Crippen molar-refractivity contribution in [3.63, 3.8) is 0 Å². The molecular weight excluding hydrogens is 637 g/mol. The van der Waals surface area contributed by atoms with E-state index < -0.39 is 8.07 Å². The predicted octanol–water partition coefficient (Wildman–Crippen LogP) is 11.2. The molecule has 0 aliphatic heterocycles. The third-order valence-electron chi connectivity index (χ3n) is 10.7. The first-order valence-corrected chi connectivity index (χ1v) is 20.3. The van der Waals surface area contributed by atoms with Crippen LogP contribution in [-0.4, -0.2) is 27.6 Å². The van der Waals surface area contributed by atoms with Gasteiger partial charge in [0, 0.05) is 33.2 Å². The summed E-state index contributed by atoms with van der Waals surface area (Å²) in [5.41, 5.74) is 9.07. The molecule has 250 valence electrons. The van der Waals surface area contributed by atoms with Crippen LogP contribution < -0.4 is 5.19 Å². The van der Waals surface area contributed by atoms with Crippen LogP contribution in [-0.2, 0) is 6.04 Å². The van der Waals surface area contributed by atoms with Gasteiger partial charge in [-0.2, -0.15) is 0 Å². The molecule has 0 unspecified atom stereocenters. The Morgan fingerprint density at radius 1 is 0.471 bits per heavy atom. The van der Waals surface area contributed by atoms with Crippen molar-refractivity contribution < 1.29 is 0 Å². The predicted molar refractivity (Wildman–Crippen MR) is 216 cm³/mol. The summed E-state index contributed by atoms with van der Waals surface area (Å²) in [6.45, 7) is 9.73. The van der Waals surface area contributed by atoms with Gasteiger partial charge in [-0.3, -0.25) is 0 Å². The summed E-state index contributed by atoms with van der Waals surface area (Å²) in [7, 11) is -2.18. The van der Waals surface area contributed by atoms with Crippen molar-refractivity contribution in [1.82, 2.24) is 19.5 Å². The molecule has 0 saturated heterocycles. The van der Waals surface area contributed by atoms with Crippen molar-refractivity contribution in [3.05, 3.63) is 163 Å². The summed E-state index contributed by atoms with van der Waals surface area (Å²) in [4.78, 5) is 15.1. The lowest BCUT2D eigenvalue weighted by molar-refractivity contribution is 0.891. The van der Waals surface area contributed by atoms with Gasteiger partial charge in [0.05, 0.1) is 19.1 Å². The summed E-state index contributed by atoms with van der Waals surface area (Å²) in [5, 5.41) is 4.04. The second kappa shape index (κ2) is 13.6. The van der Waals surface area contributed by atoms with Crippen molar-refractivity contribution in [2.75, 3.05) is 0 Å². The standard InChI is InChI=1S/C46H42N4Si/c1-32(2)51(33(3)4,31-34-27-28-43-41(29-34)40-25-14-15-26-42(40)50(43)38-22-12-7-13-23-38)39-24-16-21-37(30-39)46-48-44(35-17-8-5-9-18-35)47-45(49-46)36-19-10-6-11-20-36/h5-30,32-33H,31H2,1-4H3. The molecule has 8 aromatic rings. The SMILES string of the molecule is CC(C)[Si](Cc1ccc2c(c1)c1ccccc1n2-c1ccccc1)(c1cccc(-c2nc(-c3ccccc3)nc(-c3ccccc3)n2)c1)C(C)C. The summed E-state index contributed by atoms with van der Waals surface area (Å²) in [6.07, 6.45) is 0. The van der Waals surface area contributed by atoms with Gasteiger partial charge < -0.3 is 4.57 Å². The Hall–Kier alpha value is -5.65. The number of hydrogen-bond acceptors (Lipinski definition) is 3. The zero-order valence-electron chi connectivity index (χ0n) is 29.7. The van der Waals surface area contributed by atoms with E-state index in [0.717, 1.165) is 22.7 Å². The quantitative estimate of drug-likeness (QED) is 0.143. The molecule has 4 nitrogen and oxygen atoms in total. The zero-order chi connectivity index (χ0) is 35.0. The molecule has 0 bridgehead atoms. The Morgan fingerprint density at radius 2 is 0.980 bits per heavy atom. The van der Waals surface area contributed by atoms with E-state index in [2.05, 4.69) is 154 Å². The Kier molecular flexibility index (Phi) is 8.66.